The second-order valence-corrected chi connectivity index (χ2v) is 11.1. The predicted molar refractivity (Wildman–Crippen MR) is 140 cm³/mol. The van der Waals surface area contributed by atoms with E-state index < -0.39 is 11.4 Å². The molecule has 0 spiro atoms. The van der Waals surface area contributed by atoms with E-state index in [0.717, 1.165) is 41.7 Å². The summed E-state index contributed by atoms with van der Waals surface area (Å²) in [6.07, 6.45) is 5.19. The first kappa shape index (κ1) is 24.7. The maximum atomic E-state index is 14.1. The summed E-state index contributed by atoms with van der Waals surface area (Å²) in [5, 5.41) is 3.28. The van der Waals surface area contributed by atoms with Gasteiger partial charge in [0.1, 0.15) is 11.5 Å². The zero-order valence-electron chi connectivity index (χ0n) is 20.6. The standard InChI is InChI=1S/C27H31FN4O3S/c1-16-4-3-5-22(17(16)2)25(33)30-19-6-8-20(9-7-19)32-26(34)23-14-18(28)15-29-24(23)31(27(32)35)21-10-12-36-13-11-21/h3-5,14-15,19-21H,6-13H2,1-2H3,(H,30,33)/t19-,20+. The number of amides is 1. The van der Waals surface area contributed by atoms with E-state index in [1.54, 1.807) is 4.57 Å². The van der Waals surface area contributed by atoms with Crippen molar-refractivity contribution in [1.29, 1.82) is 0 Å². The minimum Gasteiger partial charge on any atom is -0.349 e. The number of halogens is 1. The van der Waals surface area contributed by atoms with Crippen LogP contribution >= 0.6 is 11.8 Å². The molecule has 3 heterocycles. The van der Waals surface area contributed by atoms with Gasteiger partial charge in [0.2, 0.25) is 0 Å². The maximum Gasteiger partial charge on any atom is 0.333 e. The van der Waals surface area contributed by atoms with E-state index in [4.69, 9.17) is 0 Å². The van der Waals surface area contributed by atoms with E-state index in [9.17, 15) is 18.8 Å². The van der Waals surface area contributed by atoms with E-state index >= 15 is 0 Å². The summed E-state index contributed by atoms with van der Waals surface area (Å²) in [6.45, 7) is 3.93. The average molecular weight is 511 g/mol. The average Bonchev–Trinajstić information content (AvgIpc) is 2.88. The largest absolute Gasteiger partial charge is 0.349 e. The molecular formula is C27H31FN4O3S. The predicted octanol–water partition coefficient (Wildman–Crippen LogP) is 4.30. The first-order valence-electron chi connectivity index (χ1n) is 12.6. The molecule has 1 saturated heterocycles. The van der Waals surface area contributed by atoms with Crippen LogP contribution in [0.5, 0.6) is 0 Å². The summed E-state index contributed by atoms with van der Waals surface area (Å²) in [5.74, 6) is 1.18. The van der Waals surface area contributed by atoms with Crippen LogP contribution in [-0.4, -0.2) is 37.6 Å². The number of fused-ring (bicyclic) bond motifs is 1. The summed E-state index contributed by atoms with van der Waals surface area (Å²) in [6, 6.07) is 6.52. The fraction of sp³-hybridized carbons (Fsp3) is 0.481. The highest BCUT2D eigenvalue weighted by Gasteiger charge is 2.30. The van der Waals surface area contributed by atoms with Crippen molar-refractivity contribution in [2.24, 2.45) is 0 Å². The quantitative estimate of drug-likeness (QED) is 0.566. The van der Waals surface area contributed by atoms with Gasteiger partial charge in [-0.05, 0) is 87.1 Å². The third-order valence-electron chi connectivity index (χ3n) is 7.73. The zero-order valence-corrected chi connectivity index (χ0v) is 21.4. The Hall–Kier alpha value is -2.94. The van der Waals surface area contributed by atoms with Crippen molar-refractivity contribution in [2.45, 2.75) is 70.5 Å². The zero-order chi connectivity index (χ0) is 25.4. The molecule has 5 rings (SSSR count). The summed E-state index contributed by atoms with van der Waals surface area (Å²) in [7, 11) is 0. The van der Waals surface area contributed by atoms with Crippen LogP contribution in [0.15, 0.2) is 40.1 Å². The van der Waals surface area contributed by atoms with Gasteiger partial charge in [-0.3, -0.25) is 18.7 Å². The minimum atomic E-state index is -0.589. The van der Waals surface area contributed by atoms with Crippen molar-refractivity contribution >= 4 is 28.7 Å². The van der Waals surface area contributed by atoms with Gasteiger partial charge in [0, 0.05) is 23.7 Å². The molecule has 36 heavy (non-hydrogen) atoms. The number of benzene rings is 1. The monoisotopic (exact) mass is 510 g/mol. The van der Waals surface area contributed by atoms with Crippen molar-refractivity contribution in [3.63, 3.8) is 0 Å². The lowest BCUT2D eigenvalue weighted by Gasteiger charge is -2.31. The van der Waals surface area contributed by atoms with E-state index in [1.807, 2.05) is 43.8 Å². The number of carbonyl (C=O) groups is 1. The van der Waals surface area contributed by atoms with Gasteiger partial charge in [0.25, 0.3) is 11.5 Å². The van der Waals surface area contributed by atoms with Gasteiger partial charge in [-0.2, -0.15) is 11.8 Å². The highest BCUT2D eigenvalue weighted by Crippen LogP contribution is 2.30. The Morgan fingerprint density at radius 3 is 2.44 bits per heavy atom. The Morgan fingerprint density at radius 1 is 1.03 bits per heavy atom. The fourth-order valence-electron chi connectivity index (χ4n) is 5.54. The Labute approximate surface area is 213 Å². The van der Waals surface area contributed by atoms with Gasteiger partial charge in [0.15, 0.2) is 0 Å². The maximum absolute atomic E-state index is 14.1. The highest BCUT2D eigenvalue weighted by atomic mass is 32.2. The molecule has 1 aromatic carbocycles. The van der Waals surface area contributed by atoms with E-state index in [2.05, 4.69) is 10.3 Å². The molecule has 0 radical (unpaired) electrons. The van der Waals surface area contributed by atoms with Crippen LogP contribution in [0.1, 0.15) is 72.1 Å². The highest BCUT2D eigenvalue weighted by molar-refractivity contribution is 7.99. The number of nitrogens with one attached hydrogen (secondary N) is 1. The summed E-state index contributed by atoms with van der Waals surface area (Å²) < 4.78 is 17.0. The minimum absolute atomic E-state index is 0.0264. The first-order valence-corrected chi connectivity index (χ1v) is 13.8. The van der Waals surface area contributed by atoms with E-state index in [1.165, 1.54) is 10.6 Å². The van der Waals surface area contributed by atoms with Crippen LogP contribution in [0.4, 0.5) is 4.39 Å². The SMILES string of the molecule is Cc1cccc(C(=O)N[C@H]2CC[C@@H](n3c(=O)c4cc(F)cnc4n(C4CCSCC4)c3=O)CC2)c1C. The fourth-order valence-corrected chi connectivity index (χ4v) is 6.62. The Balaban J connectivity index is 1.41. The number of carbonyl (C=O) groups excluding carboxylic acids is 1. The van der Waals surface area contributed by atoms with Gasteiger partial charge in [-0.15, -0.1) is 0 Å². The summed E-state index contributed by atoms with van der Waals surface area (Å²) >= 11 is 1.85. The number of aryl methyl sites for hydroxylation is 1. The van der Waals surface area contributed by atoms with Crippen LogP contribution < -0.4 is 16.6 Å². The van der Waals surface area contributed by atoms with Crippen molar-refractivity contribution in [3.05, 3.63) is 73.8 Å². The molecule has 1 saturated carbocycles. The molecule has 2 aliphatic rings. The molecule has 1 aliphatic carbocycles. The number of nitrogens with zero attached hydrogens (tertiary/aromatic N) is 3. The number of aromatic nitrogens is 3. The van der Waals surface area contributed by atoms with Gasteiger partial charge in [0.05, 0.1) is 11.6 Å². The second kappa shape index (κ2) is 10.2. The lowest BCUT2D eigenvalue weighted by molar-refractivity contribution is 0.0921. The third-order valence-corrected chi connectivity index (χ3v) is 8.77. The molecule has 9 heteroatoms. The van der Waals surface area contributed by atoms with Crippen LogP contribution in [0.25, 0.3) is 11.0 Å². The molecule has 1 aliphatic heterocycles. The summed E-state index contributed by atoms with van der Waals surface area (Å²) in [5.41, 5.74) is 2.15. The second-order valence-electron chi connectivity index (χ2n) is 9.92. The molecule has 2 fully saturated rings. The molecule has 7 nitrogen and oxygen atoms in total. The molecule has 1 N–H and O–H groups in total. The molecule has 2 aromatic heterocycles. The lowest BCUT2D eigenvalue weighted by Crippen LogP contribution is -2.46. The third kappa shape index (κ3) is 4.61. The number of hydrogen-bond donors (Lipinski definition) is 1. The normalized spacial score (nSPS) is 21.0. The lowest BCUT2D eigenvalue weighted by atomic mass is 9.90. The van der Waals surface area contributed by atoms with Crippen molar-refractivity contribution < 1.29 is 9.18 Å². The summed E-state index contributed by atoms with van der Waals surface area (Å²) in [4.78, 5) is 44.2. The van der Waals surface area contributed by atoms with E-state index in [0.29, 0.717) is 31.2 Å². The molecule has 0 atom stereocenters. The Morgan fingerprint density at radius 2 is 1.72 bits per heavy atom. The number of hydrogen-bond acceptors (Lipinski definition) is 5. The number of pyridine rings is 1. The molecular weight excluding hydrogens is 479 g/mol. The van der Waals surface area contributed by atoms with Crippen LogP contribution in [0, 0.1) is 19.7 Å². The van der Waals surface area contributed by atoms with Crippen molar-refractivity contribution in [1.82, 2.24) is 19.4 Å². The number of thioether (sulfide) groups is 1. The van der Waals surface area contributed by atoms with Gasteiger partial charge in [-0.1, -0.05) is 12.1 Å². The van der Waals surface area contributed by atoms with Crippen LogP contribution in [0.3, 0.4) is 0 Å². The van der Waals surface area contributed by atoms with Gasteiger partial charge in [-0.25, -0.2) is 14.2 Å². The van der Waals surface area contributed by atoms with Crippen LogP contribution in [-0.2, 0) is 0 Å². The van der Waals surface area contributed by atoms with Crippen molar-refractivity contribution in [3.8, 4) is 0 Å². The van der Waals surface area contributed by atoms with Gasteiger partial charge >= 0.3 is 5.69 Å². The Bertz CT molecular complexity index is 1420. The smallest absolute Gasteiger partial charge is 0.333 e. The number of rotatable bonds is 4. The molecule has 1 amide bonds. The van der Waals surface area contributed by atoms with Crippen LogP contribution in [0.2, 0.25) is 0 Å². The molecule has 0 bridgehead atoms. The Kier molecular flexibility index (Phi) is 7.01. The van der Waals surface area contributed by atoms with Crippen molar-refractivity contribution in [2.75, 3.05) is 11.5 Å². The molecule has 0 unspecified atom stereocenters. The molecule has 3 aromatic rings. The molecule has 190 valence electrons. The van der Waals surface area contributed by atoms with Gasteiger partial charge < -0.3 is 5.32 Å². The topological polar surface area (TPSA) is 86.0 Å². The van der Waals surface area contributed by atoms with E-state index in [-0.39, 0.29) is 40.8 Å². The first-order chi connectivity index (χ1) is 17.3.